The van der Waals surface area contributed by atoms with Crippen molar-refractivity contribution in [2.75, 3.05) is 7.11 Å². The van der Waals surface area contributed by atoms with Crippen molar-refractivity contribution in [3.05, 3.63) is 59.2 Å². The highest BCUT2D eigenvalue weighted by atomic mass is 19.4. The largest absolute Gasteiger partial charge is 0.433 e. The summed E-state index contributed by atoms with van der Waals surface area (Å²) in [5, 5.41) is 19.9. The molecule has 0 aliphatic rings. The number of alkyl halides is 6. The summed E-state index contributed by atoms with van der Waals surface area (Å²) >= 11 is 0. The van der Waals surface area contributed by atoms with Crippen LogP contribution in [0.5, 0.6) is 0 Å². The zero-order chi connectivity index (χ0) is 21.1. The molecule has 2 heterocycles. The third-order valence-corrected chi connectivity index (χ3v) is 3.87. The Morgan fingerprint density at radius 1 is 1.00 bits per heavy atom. The number of methoxy groups -OCH3 is 1. The highest BCUT2D eigenvalue weighted by Gasteiger charge is 2.41. The van der Waals surface area contributed by atoms with E-state index >= 15 is 0 Å². The van der Waals surface area contributed by atoms with Gasteiger partial charge in [-0.2, -0.15) is 31.6 Å². The summed E-state index contributed by atoms with van der Waals surface area (Å²) in [4.78, 5) is 6.35. The van der Waals surface area contributed by atoms with Crippen LogP contribution < -0.4 is 0 Å². The molecule has 150 valence electrons. The van der Waals surface area contributed by atoms with Crippen LogP contribution in [0, 0.1) is 17.2 Å². The molecule has 2 aromatic heterocycles. The van der Waals surface area contributed by atoms with Crippen LogP contribution in [-0.4, -0.2) is 22.2 Å². The van der Waals surface area contributed by atoms with Gasteiger partial charge in [-0.05, 0) is 35.4 Å². The Kier molecular flexibility index (Phi) is 6.26. The summed E-state index contributed by atoms with van der Waals surface area (Å²) in [6, 6.07) is 5.14. The number of rotatable bonds is 5. The van der Waals surface area contributed by atoms with Crippen molar-refractivity contribution >= 4 is 0 Å². The standard InChI is InChI=1S/C17H13F6N3O2/c1-28-15(9-2-4-25-5-3-9)11(8-24)14(27)10-6-12(16(18,19)20)26-13(7-10)17(21,22)23/h2-7,11,14-15,27H,1H3. The molecule has 0 saturated heterocycles. The predicted octanol–water partition coefficient (Wildman–Crippen LogP) is 4.08. The highest BCUT2D eigenvalue weighted by Crippen LogP contribution is 2.39. The van der Waals surface area contributed by atoms with Gasteiger partial charge >= 0.3 is 12.4 Å². The van der Waals surface area contributed by atoms with Crippen molar-refractivity contribution in [1.82, 2.24) is 9.97 Å². The average molecular weight is 405 g/mol. The van der Waals surface area contributed by atoms with Gasteiger partial charge in [-0.15, -0.1) is 0 Å². The molecule has 11 heteroatoms. The van der Waals surface area contributed by atoms with E-state index in [1.807, 2.05) is 0 Å². The monoisotopic (exact) mass is 405 g/mol. The van der Waals surface area contributed by atoms with Gasteiger partial charge in [0.2, 0.25) is 0 Å². The molecule has 0 aromatic carbocycles. The first kappa shape index (κ1) is 21.6. The third kappa shape index (κ3) is 4.76. The molecule has 0 amide bonds. The lowest BCUT2D eigenvalue weighted by Gasteiger charge is -2.26. The molecule has 0 fully saturated rings. The molecular weight excluding hydrogens is 392 g/mol. The number of nitrogens with zero attached hydrogens (tertiary/aromatic N) is 3. The number of aromatic nitrogens is 2. The first-order valence-electron chi connectivity index (χ1n) is 7.65. The average Bonchev–Trinajstić information content (AvgIpc) is 2.64. The van der Waals surface area contributed by atoms with Gasteiger partial charge < -0.3 is 9.84 Å². The summed E-state index contributed by atoms with van der Waals surface area (Å²) < 4.78 is 82.9. The van der Waals surface area contributed by atoms with Crippen molar-refractivity contribution in [3.8, 4) is 6.07 Å². The molecule has 0 saturated carbocycles. The smallest absolute Gasteiger partial charge is 0.387 e. The molecule has 3 atom stereocenters. The van der Waals surface area contributed by atoms with Gasteiger partial charge in [0.25, 0.3) is 0 Å². The van der Waals surface area contributed by atoms with Crippen molar-refractivity contribution in [3.63, 3.8) is 0 Å². The first-order chi connectivity index (χ1) is 13.0. The van der Waals surface area contributed by atoms with Gasteiger partial charge in [0.15, 0.2) is 0 Å². The molecule has 1 N–H and O–H groups in total. The van der Waals surface area contributed by atoms with Gasteiger partial charge in [0, 0.05) is 19.5 Å². The van der Waals surface area contributed by atoms with Gasteiger partial charge in [0.05, 0.1) is 12.2 Å². The molecule has 0 aliphatic carbocycles. The number of pyridine rings is 2. The van der Waals surface area contributed by atoms with Crippen LogP contribution in [-0.2, 0) is 17.1 Å². The van der Waals surface area contributed by atoms with Crippen LogP contribution in [0.2, 0.25) is 0 Å². The quantitative estimate of drug-likeness (QED) is 0.759. The van der Waals surface area contributed by atoms with Crippen molar-refractivity contribution in [2.24, 2.45) is 5.92 Å². The molecule has 28 heavy (non-hydrogen) atoms. The lowest BCUT2D eigenvalue weighted by atomic mass is 9.88. The van der Waals surface area contributed by atoms with Crippen LogP contribution in [0.4, 0.5) is 26.3 Å². The number of ether oxygens (including phenoxy) is 1. The predicted molar refractivity (Wildman–Crippen MR) is 82.3 cm³/mol. The van der Waals surface area contributed by atoms with Crippen molar-refractivity contribution in [1.29, 1.82) is 5.26 Å². The number of hydrogen-bond acceptors (Lipinski definition) is 5. The molecule has 0 bridgehead atoms. The normalized spacial score (nSPS) is 15.5. The number of halogens is 6. The summed E-state index contributed by atoms with van der Waals surface area (Å²) in [7, 11) is 1.19. The minimum absolute atomic E-state index is 0.281. The Labute approximate surface area is 155 Å². The molecular formula is C17H13F6N3O2. The van der Waals surface area contributed by atoms with Gasteiger partial charge in [0.1, 0.15) is 23.4 Å². The van der Waals surface area contributed by atoms with E-state index in [9.17, 15) is 36.7 Å². The lowest BCUT2D eigenvalue weighted by molar-refractivity contribution is -0.150. The second-order valence-corrected chi connectivity index (χ2v) is 5.70. The molecule has 0 aliphatic heterocycles. The van der Waals surface area contributed by atoms with Crippen molar-refractivity contribution in [2.45, 2.75) is 24.6 Å². The van der Waals surface area contributed by atoms with E-state index in [1.165, 1.54) is 31.6 Å². The topological polar surface area (TPSA) is 79.0 Å². The fourth-order valence-corrected chi connectivity index (χ4v) is 2.57. The molecule has 2 aromatic rings. The first-order valence-corrected chi connectivity index (χ1v) is 7.65. The van der Waals surface area contributed by atoms with Crippen LogP contribution in [0.3, 0.4) is 0 Å². The summed E-state index contributed by atoms with van der Waals surface area (Å²) in [6.07, 6.45) is -10.8. The van der Waals surface area contributed by atoms with E-state index in [2.05, 4.69) is 9.97 Å². The fraction of sp³-hybridized carbons (Fsp3) is 0.353. The number of aliphatic hydroxyl groups excluding tert-OH is 1. The lowest BCUT2D eigenvalue weighted by Crippen LogP contribution is -2.23. The van der Waals surface area contributed by atoms with Gasteiger partial charge in [-0.1, -0.05) is 0 Å². The summed E-state index contributed by atoms with van der Waals surface area (Å²) in [6.45, 7) is 0. The van der Waals surface area contributed by atoms with Crippen molar-refractivity contribution < 1.29 is 36.2 Å². The van der Waals surface area contributed by atoms with E-state index in [1.54, 1.807) is 6.07 Å². The van der Waals surface area contributed by atoms with Crippen LogP contribution in [0.25, 0.3) is 0 Å². The van der Waals surface area contributed by atoms with Gasteiger partial charge in [-0.25, -0.2) is 4.98 Å². The van der Waals surface area contributed by atoms with Crippen LogP contribution in [0.15, 0.2) is 36.7 Å². The SMILES string of the molecule is COC(c1ccncc1)C(C#N)C(O)c1cc(C(F)(F)F)nc(C(F)(F)F)c1. The Hall–Kier alpha value is -2.71. The molecule has 3 unspecified atom stereocenters. The highest BCUT2D eigenvalue weighted by molar-refractivity contribution is 5.29. The maximum atomic E-state index is 13.0. The van der Waals surface area contributed by atoms with E-state index in [4.69, 9.17) is 4.74 Å². The Balaban J connectivity index is 2.53. The minimum atomic E-state index is -5.18. The zero-order valence-electron chi connectivity index (χ0n) is 14.2. The second kappa shape index (κ2) is 8.12. The summed E-state index contributed by atoms with van der Waals surface area (Å²) in [5.41, 5.74) is -4.04. The maximum absolute atomic E-state index is 13.0. The Bertz CT molecular complexity index is 816. The summed E-state index contributed by atoms with van der Waals surface area (Å²) in [5.74, 6) is -1.50. The third-order valence-electron chi connectivity index (χ3n) is 3.87. The molecule has 0 radical (unpaired) electrons. The number of nitriles is 1. The van der Waals surface area contributed by atoms with E-state index < -0.39 is 47.4 Å². The van der Waals surface area contributed by atoms with E-state index in [0.29, 0.717) is 5.56 Å². The van der Waals surface area contributed by atoms with Gasteiger partial charge in [-0.3, -0.25) is 4.98 Å². The second-order valence-electron chi connectivity index (χ2n) is 5.70. The fourth-order valence-electron chi connectivity index (χ4n) is 2.57. The van der Waals surface area contributed by atoms with E-state index in [0.717, 1.165) is 0 Å². The zero-order valence-corrected chi connectivity index (χ0v) is 14.2. The maximum Gasteiger partial charge on any atom is 0.433 e. The molecule has 0 spiro atoms. The molecule has 2 rings (SSSR count). The Morgan fingerprint density at radius 3 is 1.89 bits per heavy atom. The van der Waals surface area contributed by atoms with E-state index in [-0.39, 0.29) is 12.1 Å². The molecule has 5 nitrogen and oxygen atoms in total. The van der Waals surface area contributed by atoms with Crippen LogP contribution >= 0.6 is 0 Å². The number of hydrogen-bond donors (Lipinski definition) is 1. The Morgan fingerprint density at radius 2 is 1.50 bits per heavy atom. The minimum Gasteiger partial charge on any atom is -0.387 e. The number of aliphatic hydroxyl groups is 1. The van der Waals surface area contributed by atoms with Crippen LogP contribution in [0.1, 0.15) is 34.7 Å².